The highest BCUT2D eigenvalue weighted by atomic mass is 32.2. The number of thioether (sulfide) groups is 1. The molecule has 1 heterocycles. The van der Waals surface area contributed by atoms with Crippen LogP contribution in [-0.4, -0.2) is 34.6 Å². The fourth-order valence-corrected chi connectivity index (χ4v) is 2.49. The van der Waals surface area contributed by atoms with Crippen molar-refractivity contribution in [2.75, 3.05) is 5.75 Å². The van der Waals surface area contributed by atoms with Crippen LogP contribution in [0.25, 0.3) is 0 Å². The van der Waals surface area contributed by atoms with Crippen LogP contribution in [0.15, 0.2) is 0 Å². The van der Waals surface area contributed by atoms with Gasteiger partial charge in [0, 0.05) is 18.6 Å². The van der Waals surface area contributed by atoms with Crippen molar-refractivity contribution in [3.63, 3.8) is 0 Å². The van der Waals surface area contributed by atoms with Crippen LogP contribution in [0.4, 0.5) is 0 Å². The zero-order valence-electron chi connectivity index (χ0n) is 10.1. The van der Waals surface area contributed by atoms with E-state index in [9.17, 15) is 14.4 Å². The molecule has 0 bridgehead atoms. The Morgan fingerprint density at radius 3 is 2.71 bits per heavy atom. The van der Waals surface area contributed by atoms with E-state index in [4.69, 9.17) is 5.73 Å². The van der Waals surface area contributed by atoms with Gasteiger partial charge in [0.25, 0.3) is 0 Å². The molecule has 1 rings (SSSR count). The van der Waals surface area contributed by atoms with Crippen molar-refractivity contribution in [2.45, 2.75) is 38.8 Å². The minimum atomic E-state index is -0.537. The zero-order valence-corrected chi connectivity index (χ0v) is 10.9. The molecule has 6 heteroatoms. The van der Waals surface area contributed by atoms with Crippen molar-refractivity contribution < 1.29 is 14.4 Å². The van der Waals surface area contributed by atoms with Crippen molar-refractivity contribution in [2.24, 2.45) is 11.7 Å². The first-order valence-electron chi connectivity index (χ1n) is 5.66. The highest BCUT2D eigenvalue weighted by Gasteiger charge is 2.28. The van der Waals surface area contributed by atoms with Gasteiger partial charge in [0.05, 0.1) is 12.1 Å². The van der Waals surface area contributed by atoms with E-state index in [0.29, 0.717) is 0 Å². The van der Waals surface area contributed by atoms with Crippen molar-refractivity contribution >= 4 is 28.6 Å². The predicted octanol–water partition coefficient (Wildman–Crippen LogP) is 0.0772. The molecule has 3 N–H and O–H groups in total. The molecule has 0 aromatic rings. The van der Waals surface area contributed by atoms with Gasteiger partial charge in [-0.25, -0.2) is 0 Å². The molecule has 0 aliphatic carbocycles. The van der Waals surface area contributed by atoms with Crippen LogP contribution in [0.1, 0.15) is 26.7 Å². The first-order chi connectivity index (χ1) is 7.91. The molecule has 0 spiro atoms. The predicted molar refractivity (Wildman–Crippen MR) is 66.5 cm³/mol. The fraction of sp³-hybridized carbons (Fsp3) is 0.727. The monoisotopic (exact) mass is 258 g/mol. The average molecular weight is 258 g/mol. The molecule has 1 fully saturated rings. The van der Waals surface area contributed by atoms with Gasteiger partial charge in [-0.15, -0.1) is 0 Å². The van der Waals surface area contributed by atoms with Crippen LogP contribution in [0.3, 0.4) is 0 Å². The summed E-state index contributed by atoms with van der Waals surface area (Å²) in [6, 6.07) is -1.06. The number of carbonyl (C=O) groups excluding carboxylic acids is 3. The number of ketones is 1. The minimum Gasteiger partial charge on any atom is -0.345 e. The van der Waals surface area contributed by atoms with E-state index < -0.39 is 12.1 Å². The second-order valence-electron chi connectivity index (χ2n) is 4.49. The molecule has 1 saturated heterocycles. The first-order valence-corrected chi connectivity index (χ1v) is 6.64. The standard InChI is InChI=1S/C11H18N2O3S/c1-6(2)10(12)11(16)17-5-7-8(14)3-4-9(15)13-7/h6-7,10H,3-5,12H2,1-2H3,(H,13,15). The summed E-state index contributed by atoms with van der Waals surface area (Å²) in [5.41, 5.74) is 5.69. The summed E-state index contributed by atoms with van der Waals surface area (Å²) >= 11 is 1.03. The minimum absolute atomic E-state index is 0.0111. The molecule has 1 aliphatic rings. The van der Waals surface area contributed by atoms with Gasteiger partial charge in [-0.05, 0) is 5.92 Å². The van der Waals surface area contributed by atoms with Crippen LogP contribution >= 0.6 is 11.8 Å². The molecule has 1 amide bonds. The van der Waals surface area contributed by atoms with E-state index in [-0.39, 0.29) is 41.3 Å². The molecule has 0 aromatic heterocycles. The van der Waals surface area contributed by atoms with Crippen molar-refractivity contribution in [3.05, 3.63) is 0 Å². The third kappa shape index (κ3) is 4.12. The number of carbonyl (C=O) groups is 3. The van der Waals surface area contributed by atoms with Crippen molar-refractivity contribution in [3.8, 4) is 0 Å². The number of amides is 1. The SMILES string of the molecule is CC(C)C(N)C(=O)SCC1NC(=O)CCC1=O. The quantitative estimate of drug-likeness (QED) is 0.745. The lowest BCUT2D eigenvalue weighted by molar-refractivity contribution is -0.132. The maximum atomic E-state index is 11.6. The fourth-order valence-electron chi connectivity index (χ4n) is 1.43. The zero-order chi connectivity index (χ0) is 13.0. The highest BCUT2D eigenvalue weighted by molar-refractivity contribution is 8.13. The van der Waals surface area contributed by atoms with Gasteiger partial charge >= 0.3 is 0 Å². The van der Waals surface area contributed by atoms with Gasteiger partial charge in [-0.2, -0.15) is 0 Å². The number of Topliss-reactive ketones (excluding diaryl/α,β-unsaturated/α-hetero) is 1. The third-order valence-electron chi connectivity index (χ3n) is 2.70. The molecule has 5 nitrogen and oxygen atoms in total. The lowest BCUT2D eigenvalue weighted by Crippen LogP contribution is -2.47. The van der Waals surface area contributed by atoms with Gasteiger partial charge in [0.15, 0.2) is 5.78 Å². The molecule has 1 aliphatic heterocycles. The van der Waals surface area contributed by atoms with Crippen LogP contribution in [-0.2, 0) is 14.4 Å². The molecular weight excluding hydrogens is 240 g/mol. The maximum Gasteiger partial charge on any atom is 0.221 e. The smallest absolute Gasteiger partial charge is 0.221 e. The molecule has 0 saturated carbocycles. The molecule has 2 unspecified atom stereocenters. The van der Waals surface area contributed by atoms with Gasteiger partial charge in [-0.3, -0.25) is 14.4 Å². The summed E-state index contributed by atoms with van der Waals surface area (Å²) in [7, 11) is 0. The second kappa shape index (κ2) is 6.16. The summed E-state index contributed by atoms with van der Waals surface area (Å²) in [4.78, 5) is 34.2. The Bertz CT molecular complexity index is 331. The van der Waals surface area contributed by atoms with Gasteiger partial charge < -0.3 is 11.1 Å². The molecule has 0 aromatic carbocycles. The van der Waals surface area contributed by atoms with Crippen molar-refractivity contribution in [1.82, 2.24) is 5.32 Å². The summed E-state index contributed by atoms with van der Waals surface area (Å²) in [6.07, 6.45) is 0.515. The van der Waals surface area contributed by atoms with E-state index in [1.54, 1.807) is 0 Å². The topological polar surface area (TPSA) is 89.3 Å². The van der Waals surface area contributed by atoms with Crippen molar-refractivity contribution in [1.29, 1.82) is 0 Å². The van der Waals surface area contributed by atoms with Gasteiger partial charge in [0.2, 0.25) is 11.0 Å². The third-order valence-corrected chi connectivity index (χ3v) is 3.76. The molecular formula is C11H18N2O3S. The lowest BCUT2D eigenvalue weighted by atomic mass is 10.0. The molecule has 2 atom stereocenters. The second-order valence-corrected chi connectivity index (χ2v) is 5.51. The molecule has 17 heavy (non-hydrogen) atoms. The first kappa shape index (κ1) is 14.2. The van der Waals surface area contributed by atoms with Gasteiger partial charge in [-0.1, -0.05) is 25.6 Å². The van der Waals surface area contributed by atoms with E-state index in [0.717, 1.165) is 11.8 Å². The van der Waals surface area contributed by atoms with Gasteiger partial charge in [0.1, 0.15) is 0 Å². The van der Waals surface area contributed by atoms with Crippen LogP contribution in [0.5, 0.6) is 0 Å². The Morgan fingerprint density at radius 1 is 1.47 bits per heavy atom. The lowest BCUT2D eigenvalue weighted by Gasteiger charge is -2.22. The number of hydrogen-bond acceptors (Lipinski definition) is 5. The van der Waals surface area contributed by atoms with E-state index in [2.05, 4.69) is 5.32 Å². The van der Waals surface area contributed by atoms with E-state index in [1.165, 1.54) is 0 Å². The number of piperidine rings is 1. The van der Waals surface area contributed by atoms with E-state index >= 15 is 0 Å². The Labute approximate surface area is 105 Å². The number of nitrogens with two attached hydrogens (primary N) is 1. The maximum absolute atomic E-state index is 11.6. The number of hydrogen-bond donors (Lipinski definition) is 2. The Hall–Kier alpha value is -0.880. The number of nitrogens with one attached hydrogen (secondary N) is 1. The van der Waals surface area contributed by atoms with Crippen LogP contribution in [0, 0.1) is 5.92 Å². The summed E-state index contributed by atoms with van der Waals surface area (Å²) in [6.45, 7) is 3.74. The highest BCUT2D eigenvalue weighted by Crippen LogP contribution is 2.15. The van der Waals surface area contributed by atoms with Crippen LogP contribution in [0.2, 0.25) is 0 Å². The summed E-state index contributed by atoms with van der Waals surface area (Å²) < 4.78 is 0. The Morgan fingerprint density at radius 2 is 2.12 bits per heavy atom. The molecule has 96 valence electrons. The Kier molecular flexibility index (Phi) is 5.14. The largest absolute Gasteiger partial charge is 0.345 e. The average Bonchev–Trinajstić information content (AvgIpc) is 2.28. The Balaban J connectivity index is 2.42. The van der Waals surface area contributed by atoms with Crippen LogP contribution < -0.4 is 11.1 Å². The summed E-state index contributed by atoms with van der Waals surface area (Å²) in [5, 5.41) is 2.46. The normalized spacial score (nSPS) is 22.5. The molecule has 0 radical (unpaired) electrons. The number of rotatable bonds is 4. The van der Waals surface area contributed by atoms with E-state index in [1.807, 2.05) is 13.8 Å². The summed E-state index contributed by atoms with van der Waals surface area (Å²) in [5.74, 6) is 0.217.